The van der Waals surface area contributed by atoms with Crippen molar-refractivity contribution in [1.29, 1.82) is 0 Å². The Labute approximate surface area is 133 Å². The topological polar surface area (TPSA) is 9.23 Å². The molecule has 0 aliphatic heterocycles. The number of benzene rings is 2. The summed E-state index contributed by atoms with van der Waals surface area (Å²) in [5.41, 5.74) is 0.652. The van der Waals surface area contributed by atoms with E-state index in [4.69, 9.17) is 27.9 Å². The fraction of sp³-hybridized carbons (Fsp3) is 0.143. The molecule has 0 saturated heterocycles. The van der Waals surface area contributed by atoms with E-state index >= 15 is 0 Å². The predicted molar refractivity (Wildman–Crippen MR) is 79.8 cm³/mol. The van der Waals surface area contributed by atoms with Crippen molar-refractivity contribution in [2.45, 2.75) is 5.38 Å². The first-order valence-corrected chi connectivity index (χ1v) is 7.16. The Hall–Kier alpha value is -0.840. The van der Waals surface area contributed by atoms with E-state index in [1.165, 1.54) is 13.2 Å². The van der Waals surface area contributed by atoms with Gasteiger partial charge in [-0.3, -0.25) is 0 Å². The first-order valence-electron chi connectivity index (χ1n) is 5.56. The van der Waals surface area contributed by atoms with E-state index in [0.717, 1.165) is 12.1 Å². The number of ether oxygens (including phenoxy) is 1. The molecule has 0 fully saturated rings. The van der Waals surface area contributed by atoms with Gasteiger partial charge in [0.25, 0.3) is 0 Å². The van der Waals surface area contributed by atoms with E-state index in [-0.39, 0.29) is 5.56 Å². The van der Waals surface area contributed by atoms with E-state index in [0.29, 0.717) is 20.8 Å². The van der Waals surface area contributed by atoms with Gasteiger partial charge in [0.2, 0.25) is 0 Å². The van der Waals surface area contributed by atoms with E-state index in [1.54, 1.807) is 12.1 Å². The molecule has 1 unspecified atom stereocenters. The van der Waals surface area contributed by atoms with E-state index < -0.39 is 17.0 Å². The van der Waals surface area contributed by atoms with Crippen molar-refractivity contribution in [1.82, 2.24) is 0 Å². The van der Waals surface area contributed by atoms with Crippen molar-refractivity contribution in [2.75, 3.05) is 7.11 Å². The average Bonchev–Trinajstić information content (AvgIpc) is 2.37. The molecule has 0 N–H and O–H groups in total. The summed E-state index contributed by atoms with van der Waals surface area (Å²) in [5.74, 6) is -0.921. The zero-order chi connectivity index (χ0) is 14.9. The molecule has 2 rings (SSSR count). The third-order valence-corrected chi connectivity index (χ3v) is 4.03. The van der Waals surface area contributed by atoms with Gasteiger partial charge in [0, 0.05) is 22.2 Å². The summed E-state index contributed by atoms with van der Waals surface area (Å²) in [6.07, 6.45) is 0. The summed E-state index contributed by atoms with van der Waals surface area (Å²) in [7, 11) is 1.47. The first-order chi connectivity index (χ1) is 9.43. The smallest absolute Gasteiger partial charge is 0.138 e. The molecule has 6 heteroatoms. The molecule has 106 valence electrons. The van der Waals surface area contributed by atoms with Crippen LogP contribution in [0.3, 0.4) is 0 Å². The molecule has 20 heavy (non-hydrogen) atoms. The number of hydrogen-bond acceptors (Lipinski definition) is 1. The van der Waals surface area contributed by atoms with Crippen molar-refractivity contribution < 1.29 is 13.5 Å². The first kappa shape index (κ1) is 15.5. The van der Waals surface area contributed by atoms with Crippen LogP contribution in [0, 0.1) is 11.6 Å². The highest BCUT2D eigenvalue weighted by Crippen LogP contribution is 2.41. The second-order valence-corrected chi connectivity index (χ2v) is 5.77. The van der Waals surface area contributed by atoms with Gasteiger partial charge in [0.15, 0.2) is 0 Å². The highest BCUT2D eigenvalue weighted by atomic mass is 79.9. The van der Waals surface area contributed by atoms with Crippen LogP contribution in [0.2, 0.25) is 5.02 Å². The quantitative estimate of drug-likeness (QED) is 0.618. The molecule has 0 aromatic heterocycles. The van der Waals surface area contributed by atoms with Crippen molar-refractivity contribution in [2.24, 2.45) is 0 Å². The van der Waals surface area contributed by atoms with Crippen LogP contribution in [0.5, 0.6) is 5.75 Å². The lowest BCUT2D eigenvalue weighted by molar-refractivity contribution is 0.407. The summed E-state index contributed by atoms with van der Waals surface area (Å²) >= 11 is 15.6. The van der Waals surface area contributed by atoms with Crippen LogP contribution in [-0.4, -0.2) is 7.11 Å². The van der Waals surface area contributed by atoms with Gasteiger partial charge >= 0.3 is 0 Å². The summed E-state index contributed by atoms with van der Waals surface area (Å²) in [5, 5.41) is -0.415. The Kier molecular flexibility index (Phi) is 4.89. The van der Waals surface area contributed by atoms with Gasteiger partial charge in [-0.1, -0.05) is 17.7 Å². The number of hydrogen-bond donors (Lipinski definition) is 0. The second kappa shape index (κ2) is 6.29. The van der Waals surface area contributed by atoms with E-state index in [1.807, 2.05) is 0 Å². The zero-order valence-electron chi connectivity index (χ0n) is 10.3. The lowest BCUT2D eigenvalue weighted by Crippen LogP contribution is -2.01. The molecular formula is C14H9BrCl2F2O. The number of methoxy groups -OCH3 is 1. The molecule has 0 heterocycles. The number of rotatable bonds is 3. The average molecular weight is 382 g/mol. The highest BCUT2D eigenvalue weighted by Gasteiger charge is 2.21. The molecule has 1 atom stereocenters. The molecular weight excluding hydrogens is 373 g/mol. The van der Waals surface area contributed by atoms with Crippen molar-refractivity contribution in [3.05, 3.63) is 62.6 Å². The molecule has 0 spiro atoms. The van der Waals surface area contributed by atoms with Crippen LogP contribution in [-0.2, 0) is 0 Å². The minimum Gasteiger partial charge on any atom is -0.495 e. The normalized spacial score (nSPS) is 12.3. The molecule has 0 saturated carbocycles. The summed E-state index contributed by atoms with van der Waals surface area (Å²) < 4.78 is 32.6. The molecule has 0 aliphatic carbocycles. The van der Waals surface area contributed by atoms with Gasteiger partial charge in [0.1, 0.15) is 17.4 Å². The molecule has 1 nitrogen and oxygen atoms in total. The summed E-state index contributed by atoms with van der Waals surface area (Å²) in [6, 6.07) is 6.48. The third kappa shape index (κ3) is 3.08. The van der Waals surface area contributed by atoms with Crippen LogP contribution in [0.15, 0.2) is 34.8 Å². The van der Waals surface area contributed by atoms with Crippen LogP contribution in [0.4, 0.5) is 8.78 Å². The van der Waals surface area contributed by atoms with Gasteiger partial charge in [0.05, 0.1) is 17.0 Å². The minimum atomic E-state index is -0.847. The number of halogens is 5. The molecule has 2 aromatic rings. The Morgan fingerprint density at radius 2 is 1.85 bits per heavy atom. The van der Waals surface area contributed by atoms with Crippen LogP contribution in [0.1, 0.15) is 16.5 Å². The maximum Gasteiger partial charge on any atom is 0.138 e. The predicted octanol–water partition coefficient (Wildman–Crippen LogP) is 5.72. The molecule has 0 radical (unpaired) electrons. The molecule has 0 bridgehead atoms. The van der Waals surface area contributed by atoms with E-state index in [9.17, 15) is 8.78 Å². The van der Waals surface area contributed by atoms with Gasteiger partial charge in [-0.25, -0.2) is 8.78 Å². The lowest BCUT2D eigenvalue weighted by Gasteiger charge is -2.17. The Bertz CT molecular complexity index is 649. The summed E-state index contributed by atoms with van der Waals surface area (Å²) in [4.78, 5) is 0. The maximum atomic E-state index is 13.8. The Morgan fingerprint density at radius 1 is 1.15 bits per heavy atom. The fourth-order valence-corrected chi connectivity index (χ4v) is 3.19. The van der Waals surface area contributed by atoms with Crippen LogP contribution >= 0.6 is 39.1 Å². The third-order valence-electron chi connectivity index (χ3n) is 2.75. The summed E-state index contributed by atoms with van der Waals surface area (Å²) in [6.45, 7) is 0. The lowest BCUT2D eigenvalue weighted by atomic mass is 10.0. The maximum absolute atomic E-state index is 13.8. The minimum absolute atomic E-state index is 0.153. The van der Waals surface area contributed by atoms with Crippen molar-refractivity contribution in [3.8, 4) is 5.75 Å². The Balaban J connectivity index is 2.55. The van der Waals surface area contributed by atoms with Crippen LogP contribution in [0.25, 0.3) is 0 Å². The fourth-order valence-electron chi connectivity index (χ4n) is 1.86. The molecule has 0 amide bonds. The Morgan fingerprint density at radius 3 is 2.45 bits per heavy atom. The standard InChI is InChI=1S/C14H9BrCl2F2O/c1-20-14-10(4-7(16)5-11(14)15)13(17)9-3-2-8(18)6-12(9)19/h2-6,13H,1H3. The second-order valence-electron chi connectivity index (χ2n) is 4.04. The number of alkyl halides is 1. The van der Waals surface area contributed by atoms with Gasteiger partial charge < -0.3 is 4.74 Å². The molecule has 0 aliphatic rings. The zero-order valence-corrected chi connectivity index (χ0v) is 13.4. The van der Waals surface area contributed by atoms with Crippen molar-refractivity contribution in [3.63, 3.8) is 0 Å². The largest absolute Gasteiger partial charge is 0.495 e. The van der Waals surface area contributed by atoms with Gasteiger partial charge in [-0.2, -0.15) is 0 Å². The SMILES string of the molecule is COc1c(Br)cc(Cl)cc1C(Cl)c1ccc(F)cc1F. The molecule has 2 aromatic carbocycles. The van der Waals surface area contributed by atoms with Crippen molar-refractivity contribution >= 4 is 39.1 Å². The van der Waals surface area contributed by atoms with Gasteiger partial charge in [-0.15, -0.1) is 11.6 Å². The van der Waals surface area contributed by atoms with Gasteiger partial charge in [-0.05, 0) is 34.1 Å². The van der Waals surface area contributed by atoms with Crippen LogP contribution < -0.4 is 4.74 Å². The van der Waals surface area contributed by atoms with E-state index in [2.05, 4.69) is 15.9 Å². The monoisotopic (exact) mass is 380 g/mol. The highest BCUT2D eigenvalue weighted by molar-refractivity contribution is 9.10.